The van der Waals surface area contributed by atoms with E-state index in [0.29, 0.717) is 12.3 Å². The average Bonchev–Trinajstić information content (AvgIpc) is 2.85. The van der Waals surface area contributed by atoms with Gasteiger partial charge in [0.25, 0.3) is 0 Å². The minimum atomic E-state index is -0.222. The molecule has 0 spiro atoms. The van der Waals surface area contributed by atoms with Gasteiger partial charge in [-0.1, -0.05) is 54.6 Å². The summed E-state index contributed by atoms with van der Waals surface area (Å²) in [6.07, 6.45) is 4.39. The minimum Gasteiger partial charge on any atom is -0.496 e. The lowest BCUT2D eigenvalue weighted by Gasteiger charge is -2.21. The predicted molar refractivity (Wildman–Crippen MR) is 132 cm³/mol. The SMILES string of the molecule is COC(=O)Cc1ccc(CC(CCCc2ccccc2)c2cc(OC)c(C)c(OC)c2)cc1. The Hall–Kier alpha value is -3.27. The van der Waals surface area contributed by atoms with Crippen LogP contribution in [0.1, 0.15) is 46.6 Å². The van der Waals surface area contributed by atoms with Crippen LogP contribution in [-0.4, -0.2) is 27.3 Å². The maximum absolute atomic E-state index is 11.6. The van der Waals surface area contributed by atoms with Gasteiger partial charge in [-0.15, -0.1) is 0 Å². The largest absolute Gasteiger partial charge is 0.496 e. The molecule has 174 valence electrons. The molecule has 0 bridgehead atoms. The van der Waals surface area contributed by atoms with Crippen LogP contribution in [0.4, 0.5) is 0 Å². The number of carbonyl (C=O) groups excluding carboxylic acids is 1. The van der Waals surface area contributed by atoms with Crippen LogP contribution in [0.2, 0.25) is 0 Å². The number of benzene rings is 3. The molecule has 0 aliphatic carbocycles. The van der Waals surface area contributed by atoms with E-state index in [1.54, 1.807) is 14.2 Å². The lowest BCUT2D eigenvalue weighted by atomic mass is 9.86. The van der Waals surface area contributed by atoms with Gasteiger partial charge in [-0.25, -0.2) is 0 Å². The fraction of sp³-hybridized carbons (Fsp3) is 0.345. The van der Waals surface area contributed by atoms with E-state index in [1.807, 2.05) is 19.1 Å². The maximum Gasteiger partial charge on any atom is 0.309 e. The molecule has 0 aliphatic rings. The molecule has 0 amide bonds. The van der Waals surface area contributed by atoms with Crippen molar-refractivity contribution in [2.24, 2.45) is 0 Å². The van der Waals surface area contributed by atoms with E-state index < -0.39 is 0 Å². The lowest BCUT2D eigenvalue weighted by Crippen LogP contribution is -2.07. The van der Waals surface area contributed by atoms with Gasteiger partial charge in [0.15, 0.2) is 0 Å². The van der Waals surface area contributed by atoms with Gasteiger partial charge in [0.1, 0.15) is 11.5 Å². The number of hydrogen-bond acceptors (Lipinski definition) is 4. The van der Waals surface area contributed by atoms with E-state index in [0.717, 1.165) is 48.3 Å². The Morgan fingerprint density at radius 2 is 1.42 bits per heavy atom. The number of hydrogen-bond donors (Lipinski definition) is 0. The van der Waals surface area contributed by atoms with Crippen LogP contribution in [0.25, 0.3) is 0 Å². The van der Waals surface area contributed by atoms with Crippen molar-refractivity contribution >= 4 is 5.97 Å². The highest BCUT2D eigenvalue weighted by molar-refractivity contribution is 5.72. The molecular formula is C29H34O4. The van der Waals surface area contributed by atoms with Crippen LogP contribution in [0, 0.1) is 6.92 Å². The van der Waals surface area contributed by atoms with Gasteiger partial charge in [0, 0.05) is 5.56 Å². The molecule has 0 N–H and O–H groups in total. The Bertz CT molecular complexity index is 1000. The maximum atomic E-state index is 11.6. The number of methoxy groups -OCH3 is 3. The average molecular weight is 447 g/mol. The van der Waals surface area contributed by atoms with Crippen molar-refractivity contribution in [3.63, 3.8) is 0 Å². The standard InChI is InChI=1S/C29H34O4/c1-21-27(31-2)19-26(20-28(21)32-3)25(12-8-11-22-9-6-5-7-10-22)17-23-13-15-24(16-14-23)18-29(30)33-4/h5-7,9-10,13-16,19-20,25H,8,11-12,17-18H2,1-4H3. The van der Waals surface area contributed by atoms with Crippen LogP contribution in [0.5, 0.6) is 11.5 Å². The Labute approximate surface area is 197 Å². The minimum absolute atomic E-state index is 0.222. The fourth-order valence-electron chi connectivity index (χ4n) is 4.24. The van der Waals surface area contributed by atoms with Gasteiger partial charge in [-0.2, -0.15) is 0 Å². The molecular weight excluding hydrogens is 412 g/mol. The van der Waals surface area contributed by atoms with Crippen LogP contribution in [-0.2, 0) is 28.8 Å². The summed E-state index contributed by atoms with van der Waals surface area (Å²) in [4.78, 5) is 11.6. The van der Waals surface area contributed by atoms with Gasteiger partial charge >= 0.3 is 5.97 Å². The molecule has 0 saturated heterocycles. The molecule has 0 fully saturated rings. The highest BCUT2D eigenvalue weighted by atomic mass is 16.5. The van der Waals surface area contributed by atoms with Crippen molar-refractivity contribution in [3.05, 3.63) is 94.5 Å². The first-order valence-electron chi connectivity index (χ1n) is 11.4. The summed E-state index contributed by atoms with van der Waals surface area (Å²) in [5, 5.41) is 0. The third kappa shape index (κ3) is 6.85. The van der Waals surface area contributed by atoms with Crippen molar-refractivity contribution in [1.82, 2.24) is 0 Å². The molecule has 4 heteroatoms. The van der Waals surface area contributed by atoms with Crippen LogP contribution in [0.3, 0.4) is 0 Å². The molecule has 3 aromatic rings. The van der Waals surface area contributed by atoms with Gasteiger partial charge in [0.2, 0.25) is 0 Å². The van der Waals surface area contributed by atoms with Gasteiger partial charge in [0.05, 0.1) is 27.8 Å². The Morgan fingerprint density at radius 3 is 2.00 bits per heavy atom. The van der Waals surface area contributed by atoms with Crippen molar-refractivity contribution < 1.29 is 19.0 Å². The quantitative estimate of drug-likeness (QED) is 0.335. The molecule has 0 aromatic heterocycles. The molecule has 1 unspecified atom stereocenters. The van der Waals surface area contributed by atoms with E-state index in [1.165, 1.54) is 23.8 Å². The second-order valence-electron chi connectivity index (χ2n) is 8.40. The molecule has 3 aromatic carbocycles. The van der Waals surface area contributed by atoms with Crippen molar-refractivity contribution in [1.29, 1.82) is 0 Å². The Kier molecular flexibility index (Phi) is 8.94. The number of ether oxygens (including phenoxy) is 3. The van der Waals surface area contributed by atoms with Gasteiger partial charge in [-0.3, -0.25) is 4.79 Å². The predicted octanol–water partition coefficient (Wildman–Crippen LogP) is 6.08. The van der Waals surface area contributed by atoms with E-state index in [9.17, 15) is 4.79 Å². The Morgan fingerprint density at radius 1 is 0.818 bits per heavy atom. The number of rotatable bonds is 11. The zero-order valence-corrected chi connectivity index (χ0v) is 20.1. The van der Waals surface area contributed by atoms with Gasteiger partial charge < -0.3 is 14.2 Å². The summed E-state index contributed by atoms with van der Waals surface area (Å²) in [5.74, 6) is 1.81. The van der Waals surface area contributed by atoms with Crippen molar-refractivity contribution in [3.8, 4) is 11.5 Å². The lowest BCUT2D eigenvalue weighted by molar-refractivity contribution is -0.139. The highest BCUT2D eigenvalue weighted by Crippen LogP contribution is 2.36. The summed E-state index contributed by atoms with van der Waals surface area (Å²) in [6, 6.07) is 23.2. The molecule has 0 aliphatic heterocycles. The zero-order chi connectivity index (χ0) is 23.6. The first-order valence-corrected chi connectivity index (χ1v) is 11.4. The van der Waals surface area contributed by atoms with E-state index in [2.05, 4.69) is 54.6 Å². The number of aryl methyl sites for hydroxylation is 1. The molecule has 1 atom stereocenters. The second kappa shape index (κ2) is 12.1. The molecule has 0 radical (unpaired) electrons. The van der Waals surface area contributed by atoms with Crippen LogP contribution >= 0.6 is 0 Å². The fourth-order valence-corrected chi connectivity index (χ4v) is 4.24. The summed E-state index contributed by atoms with van der Waals surface area (Å²) >= 11 is 0. The van der Waals surface area contributed by atoms with E-state index >= 15 is 0 Å². The highest BCUT2D eigenvalue weighted by Gasteiger charge is 2.17. The summed E-state index contributed by atoms with van der Waals surface area (Å²) in [6.45, 7) is 2.02. The first-order chi connectivity index (χ1) is 16.0. The topological polar surface area (TPSA) is 44.8 Å². The molecule has 0 heterocycles. The molecule has 3 rings (SSSR count). The van der Waals surface area contributed by atoms with Crippen molar-refractivity contribution in [2.45, 2.75) is 44.9 Å². The smallest absolute Gasteiger partial charge is 0.309 e. The third-order valence-electron chi connectivity index (χ3n) is 6.19. The summed E-state index contributed by atoms with van der Waals surface area (Å²) in [5.41, 5.74) is 5.80. The zero-order valence-electron chi connectivity index (χ0n) is 20.1. The molecule has 0 saturated carbocycles. The van der Waals surface area contributed by atoms with Crippen LogP contribution in [0.15, 0.2) is 66.7 Å². The summed E-state index contributed by atoms with van der Waals surface area (Å²) < 4.78 is 16.1. The molecule has 33 heavy (non-hydrogen) atoms. The first kappa shape index (κ1) is 24.4. The van der Waals surface area contributed by atoms with E-state index in [-0.39, 0.29) is 5.97 Å². The monoisotopic (exact) mass is 446 g/mol. The van der Waals surface area contributed by atoms with E-state index in [4.69, 9.17) is 14.2 Å². The summed E-state index contributed by atoms with van der Waals surface area (Å²) in [7, 11) is 4.83. The number of esters is 1. The van der Waals surface area contributed by atoms with Crippen LogP contribution < -0.4 is 9.47 Å². The number of carbonyl (C=O) groups is 1. The second-order valence-corrected chi connectivity index (χ2v) is 8.40. The van der Waals surface area contributed by atoms with Gasteiger partial charge in [-0.05, 0) is 72.9 Å². The normalized spacial score (nSPS) is 11.6. The molecule has 4 nitrogen and oxygen atoms in total. The third-order valence-corrected chi connectivity index (χ3v) is 6.19. The van der Waals surface area contributed by atoms with Crippen molar-refractivity contribution in [2.75, 3.05) is 21.3 Å². The Balaban J connectivity index is 1.81.